The van der Waals surface area contributed by atoms with Crippen molar-refractivity contribution in [3.63, 3.8) is 0 Å². The molecule has 3 aromatic carbocycles. The standard InChI is InChI=1S/C34H32FN5O4/c1-38(14-11-23-7-4-5-12-36-23)34(42)26-21-40-28-10-9-22-6-2-3-8-24(22)32(28)44-33-29(27(35)20-25(30(33)40)31(26)41)37-13-15-39-16-18-43-19-17-39/h2-10,12,20-21,37H,11,13-19H2,1H3. The van der Waals surface area contributed by atoms with Gasteiger partial charge in [0.2, 0.25) is 5.43 Å². The molecule has 0 unspecified atom stereocenters. The third-order valence-electron chi connectivity index (χ3n) is 8.36. The molecule has 0 aliphatic carbocycles. The summed E-state index contributed by atoms with van der Waals surface area (Å²) < 4.78 is 29.7. The fourth-order valence-electron chi connectivity index (χ4n) is 5.96. The second kappa shape index (κ2) is 11.7. The van der Waals surface area contributed by atoms with E-state index in [1.54, 1.807) is 24.0 Å². The lowest BCUT2D eigenvalue weighted by Crippen LogP contribution is -2.39. The van der Waals surface area contributed by atoms with Crippen molar-refractivity contribution in [2.24, 2.45) is 0 Å². The van der Waals surface area contributed by atoms with E-state index in [1.165, 1.54) is 11.0 Å². The van der Waals surface area contributed by atoms with Crippen LogP contribution in [0.25, 0.3) is 27.4 Å². The molecule has 2 aliphatic heterocycles. The third-order valence-corrected chi connectivity index (χ3v) is 8.36. The van der Waals surface area contributed by atoms with Crippen LogP contribution < -0.4 is 15.5 Å². The summed E-state index contributed by atoms with van der Waals surface area (Å²) in [6, 6.07) is 18.5. The second-order valence-electron chi connectivity index (χ2n) is 11.1. The highest BCUT2D eigenvalue weighted by molar-refractivity contribution is 6.03. The molecule has 5 aromatic rings. The summed E-state index contributed by atoms with van der Waals surface area (Å²) in [7, 11) is 1.66. The minimum atomic E-state index is -0.616. The quantitative estimate of drug-likeness (QED) is 0.270. The van der Waals surface area contributed by atoms with Crippen LogP contribution in [0.3, 0.4) is 0 Å². The molecule has 7 rings (SSSR count). The first-order valence-electron chi connectivity index (χ1n) is 14.8. The number of fused-ring (bicyclic) bond motifs is 4. The molecule has 0 radical (unpaired) electrons. The third kappa shape index (κ3) is 5.06. The van der Waals surface area contributed by atoms with Crippen LogP contribution in [0.15, 0.2) is 77.9 Å². The van der Waals surface area contributed by atoms with E-state index in [0.29, 0.717) is 56.2 Å². The second-order valence-corrected chi connectivity index (χ2v) is 11.1. The molecule has 1 saturated heterocycles. The molecule has 9 nitrogen and oxygen atoms in total. The van der Waals surface area contributed by atoms with Gasteiger partial charge in [0.15, 0.2) is 17.3 Å². The lowest BCUT2D eigenvalue weighted by Gasteiger charge is -2.29. The predicted molar refractivity (Wildman–Crippen MR) is 168 cm³/mol. The van der Waals surface area contributed by atoms with Crippen LogP contribution in [0.4, 0.5) is 10.1 Å². The fourth-order valence-corrected chi connectivity index (χ4v) is 5.96. The molecule has 1 N–H and O–H groups in total. The highest BCUT2D eigenvalue weighted by atomic mass is 19.1. The highest BCUT2D eigenvalue weighted by Gasteiger charge is 2.30. The number of nitrogens with one attached hydrogen (secondary N) is 1. The predicted octanol–water partition coefficient (Wildman–Crippen LogP) is 4.84. The fraction of sp³-hybridized carbons (Fsp3) is 0.265. The van der Waals surface area contributed by atoms with Crippen LogP contribution in [-0.4, -0.2) is 78.2 Å². The number of likely N-dealkylation sites (N-methyl/N-ethyl adjacent to an activating group) is 1. The number of carbonyl (C=O) groups excluding carboxylic acids is 1. The van der Waals surface area contributed by atoms with Crippen molar-refractivity contribution in [1.82, 2.24) is 19.4 Å². The number of halogens is 1. The van der Waals surface area contributed by atoms with Crippen molar-refractivity contribution < 1.29 is 18.7 Å². The summed E-state index contributed by atoms with van der Waals surface area (Å²) in [5.74, 6) is -0.301. The SMILES string of the molecule is CN(CCc1ccccn1)C(=O)c1cn2c3c(c(NCCN4CCOCC4)c(F)cc3c1=O)Oc1c-2ccc2ccccc12. The average Bonchev–Trinajstić information content (AvgIpc) is 3.06. The number of morpholine rings is 1. The van der Waals surface area contributed by atoms with E-state index in [4.69, 9.17) is 9.47 Å². The van der Waals surface area contributed by atoms with Gasteiger partial charge in [-0.15, -0.1) is 0 Å². The van der Waals surface area contributed by atoms with Gasteiger partial charge in [-0.05, 0) is 29.7 Å². The number of pyridine rings is 2. The lowest BCUT2D eigenvalue weighted by atomic mass is 10.0. The number of anilines is 1. The number of aromatic nitrogens is 2. The van der Waals surface area contributed by atoms with Gasteiger partial charge in [0, 0.05) is 69.7 Å². The number of amides is 1. The van der Waals surface area contributed by atoms with Crippen molar-refractivity contribution in [1.29, 1.82) is 0 Å². The van der Waals surface area contributed by atoms with Crippen molar-refractivity contribution in [3.05, 3.63) is 100 Å². The largest absolute Gasteiger partial charge is 0.450 e. The van der Waals surface area contributed by atoms with E-state index in [0.717, 1.165) is 29.6 Å². The van der Waals surface area contributed by atoms with Gasteiger partial charge in [-0.2, -0.15) is 0 Å². The Balaban J connectivity index is 1.32. The Morgan fingerprint density at radius 2 is 1.86 bits per heavy atom. The van der Waals surface area contributed by atoms with Crippen molar-refractivity contribution in [3.8, 4) is 17.2 Å². The Kier molecular flexibility index (Phi) is 7.45. The molecule has 2 aliphatic rings. The lowest BCUT2D eigenvalue weighted by molar-refractivity contribution is 0.0398. The van der Waals surface area contributed by atoms with Gasteiger partial charge >= 0.3 is 0 Å². The molecule has 1 amide bonds. The van der Waals surface area contributed by atoms with Crippen LogP contribution in [0.5, 0.6) is 11.5 Å². The monoisotopic (exact) mass is 593 g/mol. The molecule has 0 saturated carbocycles. The number of hydrogen-bond donors (Lipinski definition) is 1. The Bertz CT molecular complexity index is 1940. The molecule has 4 heterocycles. The smallest absolute Gasteiger partial charge is 0.259 e. The summed E-state index contributed by atoms with van der Waals surface area (Å²) in [5.41, 5.74) is 1.53. The van der Waals surface area contributed by atoms with E-state index in [1.807, 2.05) is 54.6 Å². The maximum atomic E-state index is 15.9. The summed E-state index contributed by atoms with van der Waals surface area (Å²) in [6.07, 6.45) is 3.81. The van der Waals surface area contributed by atoms with Gasteiger partial charge in [0.25, 0.3) is 5.91 Å². The Hall–Kier alpha value is -4.80. The molecule has 0 atom stereocenters. The maximum Gasteiger partial charge on any atom is 0.259 e. The maximum absolute atomic E-state index is 15.9. The van der Waals surface area contributed by atoms with E-state index >= 15 is 4.39 Å². The van der Waals surface area contributed by atoms with Crippen LogP contribution >= 0.6 is 0 Å². The van der Waals surface area contributed by atoms with Gasteiger partial charge in [-0.3, -0.25) is 19.5 Å². The van der Waals surface area contributed by atoms with Gasteiger partial charge in [-0.1, -0.05) is 36.4 Å². The number of ether oxygens (including phenoxy) is 2. The van der Waals surface area contributed by atoms with E-state index in [-0.39, 0.29) is 22.4 Å². The van der Waals surface area contributed by atoms with E-state index in [9.17, 15) is 9.59 Å². The van der Waals surface area contributed by atoms with Crippen LogP contribution in [-0.2, 0) is 11.2 Å². The molecule has 10 heteroatoms. The van der Waals surface area contributed by atoms with E-state index in [2.05, 4.69) is 15.2 Å². The van der Waals surface area contributed by atoms with Crippen LogP contribution in [0.2, 0.25) is 0 Å². The Morgan fingerprint density at radius 1 is 1.05 bits per heavy atom. The zero-order chi connectivity index (χ0) is 30.2. The van der Waals surface area contributed by atoms with Crippen LogP contribution in [0.1, 0.15) is 16.1 Å². The number of rotatable bonds is 8. The summed E-state index contributed by atoms with van der Waals surface area (Å²) in [5, 5.41) is 5.12. The Morgan fingerprint density at radius 3 is 2.68 bits per heavy atom. The normalized spacial score (nSPS) is 14.3. The first-order chi connectivity index (χ1) is 21.5. The van der Waals surface area contributed by atoms with E-state index < -0.39 is 17.2 Å². The summed E-state index contributed by atoms with van der Waals surface area (Å²) >= 11 is 0. The zero-order valence-electron chi connectivity index (χ0n) is 24.4. The number of hydrogen-bond acceptors (Lipinski definition) is 7. The molecule has 44 heavy (non-hydrogen) atoms. The van der Waals surface area contributed by atoms with Crippen molar-refractivity contribution >= 4 is 33.3 Å². The van der Waals surface area contributed by atoms with Crippen molar-refractivity contribution in [2.45, 2.75) is 6.42 Å². The van der Waals surface area contributed by atoms with Gasteiger partial charge in [0.05, 0.1) is 24.3 Å². The number of benzene rings is 3. The first-order valence-corrected chi connectivity index (χ1v) is 14.8. The van der Waals surface area contributed by atoms with Crippen molar-refractivity contribution in [2.75, 3.05) is 58.3 Å². The molecule has 1 fully saturated rings. The topological polar surface area (TPSA) is 88.9 Å². The number of carbonyl (C=O) groups is 1. The molecule has 2 aromatic heterocycles. The minimum absolute atomic E-state index is 0.0413. The molecule has 0 spiro atoms. The zero-order valence-corrected chi connectivity index (χ0v) is 24.4. The Labute approximate surface area is 253 Å². The number of nitrogens with zero attached hydrogens (tertiary/aromatic N) is 4. The summed E-state index contributed by atoms with van der Waals surface area (Å²) in [6.45, 7) is 4.52. The summed E-state index contributed by atoms with van der Waals surface area (Å²) in [4.78, 5) is 35.7. The first kappa shape index (κ1) is 28.0. The molecule has 0 bridgehead atoms. The van der Waals surface area contributed by atoms with Crippen LogP contribution in [0, 0.1) is 5.82 Å². The minimum Gasteiger partial charge on any atom is -0.450 e. The molecule has 224 valence electrons. The van der Waals surface area contributed by atoms with Gasteiger partial charge in [-0.25, -0.2) is 4.39 Å². The highest BCUT2D eigenvalue weighted by Crippen LogP contribution is 2.47. The van der Waals surface area contributed by atoms with Gasteiger partial charge in [0.1, 0.15) is 16.8 Å². The average molecular weight is 594 g/mol. The van der Waals surface area contributed by atoms with Gasteiger partial charge < -0.3 is 24.3 Å². The molecular formula is C34H32FN5O4. The molecular weight excluding hydrogens is 561 g/mol.